The summed E-state index contributed by atoms with van der Waals surface area (Å²) in [4.78, 5) is 2.28. The Morgan fingerprint density at radius 2 is 2.31 bits per heavy atom. The lowest BCUT2D eigenvalue weighted by molar-refractivity contribution is 0.187. The van der Waals surface area contributed by atoms with Gasteiger partial charge in [0, 0.05) is 25.2 Å². The van der Waals surface area contributed by atoms with Gasteiger partial charge in [-0.25, -0.2) is 0 Å². The molecule has 13 heavy (non-hydrogen) atoms. The average Bonchev–Trinajstić information content (AvgIpc) is 2.57. The number of likely N-dealkylation sites (N-methyl/N-ethyl adjacent to an activating group) is 1. The monoisotopic (exact) mass is 186 g/mol. The molecule has 3 heteroatoms. The van der Waals surface area contributed by atoms with E-state index in [0.29, 0.717) is 12.1 Å². The average molecular weight is 186 g/mol. The number of nitrogens with one attached hydrogen (secondary N) is 1. The van der Waals surface area contributed by atoms with Crippen LogP contribution >= 0.6 is 0 Å². The zero-order valence-corrected chi connectivity index (χ0v) is 9.05. The van der Waals surface area contributed by atoms with Gasteiger partial charge in [-0.3, -0.25) is 0 Å². The van der Waals surface area contributed by atoms with Gasteiger partial charge in [0.1, 0.15) is 0 Å². The predicted molar refractivity (Wildman–Crippen MR) is 55.0 cm³/mol. The van der Waals surface area contributed by atoms with Crippen molar-refractivity contribution >= 4 is 0 Å². The maximum Gasteiger partial charge on any atom is 0.0620 e. The van der Waals surface area contributed by atoms with Gasteiger partial charge in [-0.1, -0.05) is 6.92 Å². The second-order valence-corrected chi connectivity index (χ2v) is 3.99. The van der Waals surface area contributed by atoms with Crippen LogP contribution in [-0.2, 0) is 4.74 Å². The predicted octanol–water partition coefficient (Wildman–Crippen LogP) is 0.705. The number of rotatable bonds is 5. The summed E-state index contributed by atoms with van der Waals surface area (Å²) in [5, 5.41) is 3.55. The molecule has 1 rings (SSSR count). The van der Waals surface area contributed by atoms with Crippen molar-refractivity contribution in [1.29, 1.82) is 0 Å². The molecule has 0 radical (unpaired) electrons. The third-order valence-electron chi connectivity index (χ3n) is 2.77. The quantitative estimate of drug-likeness (QED) is 0.684. The molecule has 1 aliphatic heterocycles. The molecule has 0 aromatic carbocycles. The van der Waals surface area contributed by atoms with Crippen LogP contribution in [0, 0.1) is 0 Å². The van der Waals surface area contributed by atoms with Gasteiger partial charge < -0.3 is 15.0 Å². The summed E-state index contributed by atoms with van der Waals surface area (Å²) in [7, 11) is 4.28. The maximum atomic E-state index is 5.31. The summed E-state index contributed by atoms with van der Waals surface area (Å²) in [5.41, 5.74) is 0. The lowest BCUT2D eigenvalue weighted by Crippen LogP contribution is -2.41. The summed E-state index contributed by atoms with van der Waals surface area (Å²) >= 11 is 0. The lowest BCUT2D eigenvalue weighted by atomic mass is 10.2. The van der Waals surface area contributed by atoms with E-state index in [1.165, 1.54) is 12.8 Å². The molecular weight excluding hydrogens is 164 g/mol. The van der Waals surface area contributed by atoms with E-state index in [2.05, 4.69) is 31.2 Å². The summed E-state index contributed by atoms with van der Waals surface area (Å²) in [6.07, 6.45) is 2.37. The highest BCUT2D eigenvalue weighted by atomic mass is 16.5. The third kappa shape index (κ3) is 3.63. The van der Waals surface area contributed by atoms with E-state index in [0.717, 1.165) is 19.8 Å². The molecule has 0 bridgehead atoms. The Morgan fingerprint density at radius 3 is 2.77 bits per heavy atom. The van der Waals surface area contributed by atoms with Gasteiger partial charge in [-0.15, -0.1) is 0 Å². The van der Waals surface area contributed by atoms with E-state index >= 15 is 0 Å². The van der Waals surface area contributed by atoms with Crippen LogP contribution in [0.3, 0.4) is 0 Å². The van der Waals surface area contributed by atoms with Gasteiger partial charge in [0.2, 0.25) is 0 Å². The molecule has 0 aromatic heterocycles. The van der Waals surface area contributed by atoms with Crippen LogP contribution in [-0.4, -0.2) is 50.8 Å². The minimum absolute atomic E-state index is 0.592. The smallest absolute Gasteiger partial charge is 0.0620 e. The van der Waals surface area contributed by atoms with Crippen LogP contribution in [0.25, 0.3) is 0 Å². The summed E-state index contributed by atoms with van der Waals surface area (Å²) in [5.74, 6) is 0. The van der Waals surface area contributed by atoms with E-state index in [1.807, 2.05) is 0 Å². The van der Waals surface area contributed by atoms with E-state index in [4.69, 9.17) is 4.74 Å². The molecular formula is C10H22N2O. The summed E-state index contributed by atoms with van der Waals surface area (Å²) in [6, 6.07) is 1.24. The van der Waals surface area contributed by atoms with Crippen molar-refractivity contribution in [2.45, 2.75) is 31.8 Å². The van der Waals surface area contributed by atoms with E-state index in [1.54, 1.807) is 0 Å². The van der Waals surface area contributed by atoms with Gasteiger partial charge >= 0.3 is 0 Å². The first kappa shape index (κ1) is 11.0. The summed E-state index contributed by atoms with van der Waals surface area (Å²) < 4.78 is 5.31. The van der Waals surface area contributed by atoms with Gasteiger partial charge in [-0.2, -0.15) is 0 Å². The first-order valence-corrected chi connectivity index (χ1v) is 5.21. The minimum Gasteiger partial charge on any atom is -0.380 e. The standard InChI is InChI=1S/C10H22N2O/c1-4-10(12(2)3)7-11-9-5-6-13-8-9/h9-11H,4-8H2,1-3H3. The molecule has 1 N–H and O–H groups in total. The van der Waals surface area contributed by atoms with Gasteiger partial charge in [-0.05, 0) is 26.9 Å². The van der Waals surface area contributed by atoms with Gasteiger partial charge in [0.25, 0.3) is 0 Å². The fourth-order valence-corrected chi connectivity index (χ4v) is 1.69. The minimum atomic E-state index is 0.592. The number of nitrogens with zero attached hydrogens (tertiary/aromatic N) is 1. The molecule has 1 fully saturated rings. The number of hydrogen-bond donors (Lipinski definition) is 1. The van der Waals surface area contributed by atoms with Crippen molar-refractivity contribution in [2.24, 2.45) is 0 Å². The maximum absolute atomic E-state index is 5.31. The van der Waals surface area contributed by atoms with Crippen molar-refractivity contribution in [2.75, 3.05) is 33.9 Å². The van der Waals surface area contributed by atoms with Crippen molar-refractivity contribution < 1.29 is 4.74 Å². The van der Waals surface area contributed by atoms with Gasteiger partial charge in [0.15, 0.2) is 0 Å². The lowest BCUT2D eigenvalue weighted by Gasteiger charge is -2.24. The Balaban J connectivity index is 2.15. The Bertz CT molecular complexity index is 133. The molecule has 0 aliphatic carbocycles. The van der Waals surface area contributed by atoms with Crippen LogP contribution in [0.4, 0.5) is 0 Å². The molecule has 0 amide bonds. The Labute approximate surface area is 81.4 Å². The molecule has 0 saturated carbocycles. The molecule has 3 nitrogen and oxygen atoms in total. The molecule has 2 unspecified atom stereocenters. The SMILES string of the molecule is CCC(CNC1CCOC1)N(C)C. The molecule has 0 spiro atoms. The Morgan fingerprint density at radius 1 is 1.54 bits per heavy atom. The number of hydrogen-bond acceptors (Lipinski definition) is 3. The van der Waals surface area contributed by atoms with Crippen molar-refractivity contribution in [3.63, 3.8) is 0 Å². The first-order valence-electron chi connectivity index (χ1n) is 5.21. The topological polar surface area (TPSA) is 24.5 Å². The fraction of sp³-hybridized carbons (Fsp3) is 1.00. The van der Waals surface area contributed by atoms with Crippen LogP contribution in [0.1, 0.15) is 19.8 Å². The Hall–Kier alpha value is -0.120. The van der Waals surface area contributed by atoms with E-state index in [9.17, 15) is 0 Å². The van der Waals surface area contributed by atoms with Crippen LogP contribution in [0.2, 0.25) is 0 Å². The molecule has 78 valence electrons. The highest BCUT2D eigenvalue weighted by Gasteiger charge is 2.16. The van der Waals surface area contributed by atoms with Crippen molar-refractivity contribution in [1.82, 2.24) is 10.2 Å². The van der Waals surface area contributed by atoms with Crippen molar-refractivity contribution in [3.8, 4) is 0 Å². The summed E-state index contributed by atoms with van der Waals surface area (Å²) in [6.45, 7) is 5.13. The molecule has 1 heterocycles. The molecule has 1 saturated heterocycles. The second kappa shape index (κ2) is 5.58. The first-order chi connectivity index (χ1) is 6.24. The fourth-order valence-electron chi connectivity index (χ4n) is 1.69. The largest absolute Gasteiger partial charge is 0.380 e. The molecule has 0 aromatic rings. The van der Waals surface area contributed by atoms with Crippen molar-refractivity contribution in [3.05, 3.63) is 0 Å². The van der Waals surface area contributed by atoms with E-state index < -0.39 is 0 Å². The normalized spacial score (nSPS) is 25.4. The Kier molecular flexibility index (Phi) is 4.70. The number of ether oxygens (including phenoxy) is 1. The zero-order valence-electron chi connectivity index (χ0n) is 9.05. The molecule has 1 aliphatic rings. The third-order valence-corrected chi connectivity index (χ3v) is 2.77. The van der Waals surface area contributed by atoms with Crippen LogP contribution < -0.4 is 5.32 Å². The second-order valence-electron chi connectivity index (χ2n) is 3.99. The van der Waals surface area contributed by atoms with E-state index in [-0.39, 0.29) is 0 Å². The highest BCUT2D eigenvalue weighted by Crippen LogP contribution is 2.04. The van der Waals surface area contributed by atoms with Crippen LogP contribution in [0.5, 0.6) is 0 Å². The zero-order chi connectivity index (χ0) is 9.68. The van der Waals surface area contributed by atoms with Gasteiger partial charge in [0.05, 0.1) is 6.61 Å². The highest BCUT2D eigenvalue weighted by molar-refractivity contribution is 4.75. The molecule has 2 atom stereocenters. The van der Waals surface area contributed by atoms with Crippen LogP contribution in [0.15, 0.2) is 0 Å².